The lowest BCUT2D eigenvalue weighted by atomic mass is 10.2. The van der Waals surface area contributed by atoms with Gasteiger partial charge in [-0.1, -0.05) is 47.5 Å². The number of thioether (sulfide) groups is 1. The van der Waals surface area contributed by atoms with Crippen LogP contribution in [0.2, 0.25) is 10.0 Å². The Labute approximate surface area is 152 Å². The van der Waals surface area contributed by atoms with Crippen LogP contribution in [0.1, 0.15) is 15.9 Å². The minimum atomic E-state index is -0.413. The smallest absolute Gasteiger partial charge is 0.279 e. The third-order valence-electron chi connectivity index (χ3n) is 3.12. The van der Waals surface area contributed by atoms with Crippen molar-refractivity contribution < 1.29 is 9.59 Å². The third-order valence-corrected chi connectivity index (χ3v) is 4.60. The van der Waals surface area contributed by atoms with Crippen LogP contribution in [0.4, 0.5) is 0 Å². The Morgan fingerprint density at radius 2 is 1.88 bits per heavy atom. The number of nitrogens with one attached hydrogen (secondary N) is 1. The normalized spacial score (nSPS) is 17.3. The second kappa shape index (κ2) is 7.21. The zero-order valence-electron chi connectivity index (χ0n) is 12.1. The van der Waals surface area contributed by atoms with E-state index in [1.54, 1.807) is 48.5 Å². The van der Waals surface area contributed by atoms with E-state index < -0.39 is 5.91 Å². The predicted octanol–water partition coefficient (Wildman–Crippen LogP) is 4.39. The molecular formula is C17H10Cl2N2O2S. The van der Waals surface area contributed by atoms with Gasteiger partial charge >= 0.3 is 0 Å². The monoisotopic (exact) mass is 376 g/mol. The Balaban J connectivity index is 1.82. The number of benzene rings is 2. The lowest BCUT2D eigenvalue weighted by molar-refractivity contribution is -0.115. The van der Waals surface area contributed by atoms with E-state index in [1.165, 1.54) is 0 Å². The molecule has 3 rings (SSSR count). The van der Waals surface area contributed by atoms with Crippen LogP contribution < -0.4 is 5.32 Å². The van der Waals surface area contributed by atoms with Crippen molar-refractivity contribution in [1.82, 2.24) is 5.32 Å². The summed E-state index contributed by atoms with van der Waals surface area (Å²) in [5.41, 5.74) is 1.12. The molecule has 1 aliphatic rings. The zero-order valence-corrected chi connectivity index (χ0v) is 14.5. The molecule has 2 aromatic rings. The zero-order chi connectivity index (χ0) is 17.1. The molecule has 120 valence electrons. The number of hydrogen-bond donors (Lipinski definition) is 1. The van der Waals surface area contributed by atoms with Crippen molar-refractivity contribution in [3.8, 4) is 0 Å². The number of aliphatic imine (C=N–C) groups is 1. The molecule has 0 atom stereocenters. The molecule has 7 heteroatoms. The molecule has 1 fully saturated rings. The van der Waals surface area contributed by atoms with Gasteiger partial charge in [0, 0.05) is 15.6 Å². The molecule has 0 spiro atoms. The van der Waals surface area contributed by atoms with E-state index in [-0.39, 0.29) is 11.1 Å². The summed E-state index contributed by atoms with van der Waals surface area (Å²) in [4.78, 5) is 28.4. The predicted molar refractivity (Wildman–Crippen MR) is 98.4 cm³/mol. The molecular weight excluding hydrogens is 367 g/mol. The second-order valence-corrected chi connectivity index (χ2v) is 6.69. The van der Waals surface area contributed by atoms with E-state index in [9.17, 15) is 9.59 Å². The summed E-state index contributed by atoms with van der Waals surface area (Å²) in [5.74, 6) is -0.741. The maximum Gasteiger partial charge on any atom is 0.279 e. The van der Waals surface area contributed by atoms with Crippen molar-refractivity contribution >= 4 is 58.0 Å². The van der Waals surface area contributed by atoms with Gasteiger partial charge in [0.05, 0.1) is 4.91 Å². The number of amides is 2. The standard InChI is InChI=1S/C17H10Cl2N2O2S/c18-12-7-6-11(13(19)9-12)8-14-16(23)21-17(24-14)20-15(22)10-4-2-1-3-5-10/h1-9H,(H,20,21,22,23)/b14-8-. The molecule has 1 saturated heterocycles. The first kappa shape index (κ1) is 16.8. The number of carbonyl (C=O) groups excluding carboxylic acids is 2. The summed E-state index contributed by atoms with van der Waals surface area (Å²) in [5, 5.41) is 3.77. The fourth-order valence-corrected chi connectivity index (χ4v) is 3.25. The molecule has 2 amide bonds. The highest BCUT2D eigenvalue weighted by Gasteiger charge is 2.25. The lowest BCUT2D eigenvalue weighted by Crippen LogP contribution is -2.20. The highest BCUT2D eigenvalue weighted by atomic mass is 35.5. The van der Waals surface area contributed by atoms with Gasteiger partial charge in [-0.2, -0.15) is 4.99 Å². The first-order valence-electron chi connectivity index (χ1n) is 6.87. The molecule has 1 heterocycles. The summed E-state index contributed by atoms with van der Waals surface area (Å²) in [6, 6.07) is 13.6. The van der Waals surface area contributed by atoms with Gasteiger partial charge in [-0.25, -0.2) is 0 Å². The van der Waals surface area contributed by atoms with Crippen molar-refractivity contribution in [3.63, 3.8) is 0 Å². The Morgan fingerprint density at radius 3 is 2.58 bits per heavy atom. The quantitative estimate of drug-likeness (QED) is 0.790. The van der Waals surface area contributed by atoms with Crippen LogP contribution in [0, 0.1) is 0 Å². The average Bonchev–Trinajstić information content (AvgIpc) is 2.90. The molecule has 1 N–H and O–H groups in total. The molecule has 0 radical (unpaired) electrons. The minimum Gasteiger partial charge on any atom is -0.300 e. The van der Waals surface area contributed by atoms with E-state index >= 15 is 0 Å². The summed E-state index contributed by atoms with van der Waals surface area (Å²) in [6.45, 7) is 0. The fourth-order valence-electron chi connectivity index (χ4n) is 1.98. The van der Waals surface area contributed by atoms with Gasteiger partial charge in [-0.15, -0.1) is 0 Å². The molecule has 0 aromatic heterocycles. The maximum atomic E-state index is 12.1. The molecule has 0 unspecified atom stereocenters. The number of carbonyl (C=O) groups is 2. The molecule has 0 bridgehead atoms. The van der Waals surface area contributed by atoms with E-state index in [4.69, 9.17) is 23.2 Å². The van der Waals surface area contributed by atoms with Crippen molar-refractivity contribution in [2.75, 3.05) is 0 Å². The van der Waals surface area contributed by atoms with Crippen LogP contribution in [-0.2, 0) is 4.79 Å². The molecule has 0 aliphatic carbocycles. The highest BCUT2D eigenvalue weighted by Crippen LogP contribution is 2.29. The number of nitrogens with zero attached hydrogens (tertiary/aromatic N) is 1. The lowest BCUT2D eigenvalue weighted by Gasteiger charge is -1.99. The largest absolute Gasteiger partial charge is 0.300 e. The van der Waals surface area contributed by atoms with E-state index in [0.717, 1.165) is 11.8 Å². The summed E-state index contributed by atoms with van der Waals surface area (Å²) >= 11 is 13.0. The van der Waals surface area contributed by atoms with Crippen LogP contribution in [0.15, 0.2) is 58.4 Å². The average molecular weight is 377 g/mol. The van der Waals surface area contributed by atoms with Crippen LogP contribution in [-0.4, -0.2) is 17.0 Å². The van der Waals surface area contributed by atoms with E-state index in [2.05, 4.69) is 10.3 Å². The summed E-state index contributed by atoms with van der Waals surface area (Å²) in [6.07, 6.45) is 1.63. The second-order valence-electron chi connectivity index (χ2n) is 4.82. The van der Waals surface area contributed by atoms with E-state index in [1.807, 2.05) is 6.07 Å². The SMILES string of the molecule is O=C1NC(=NC(=O)c2ccccc2)S/C1=C\c1ccc(Cl)cc1Cl. The van der Waals surface area contributed by atoms with Crippen molar-refractivity contribution in [2.45, 2.75) is 0 Å². The molecule has 0 saturated carbocycles. The molecule has 4 nitrogen and oxygen atoms in total. The Hall–Kier alpha value is -2.08. The van der Waals surface area contributed by atoms with Gasteiger partial charge in [0.2, 0.25) is 0 Å². The highest BCUT2D eigenvalue weighted by molar-refractivity contribution is 8.18. The van der Waals surface area contributed by atoms with Gasteiger partial charge in [0.25, 0.3) is 11.8 Å². The fraction of sp³-hybridized carbons (Fsp3) is 0. The molecule has 24 heavy (non-hydrogen) atoms. The van der Waals surface area contributed by atoms with Gasteiger partial charge in [0.1, 0.15) is 0 Å². The first-order valence-corrected chi connectivity index (χ1v) is 8.44. The minimum absolute atomic E-state index is 0.241. The topological polar surface area (TPSA) is 58.5 Å². The summed E-state index contributed by atoms with van der Waals surface area (Å²) < 4.78 is 0. The maximum absolute atomic E-state index is 12.1. The number of amidine groups is 1. The van der Waals surface area contributed by atoms with Crippen LogP contribution in [0.5, 0.6) is 0 Å². The molecule has 1 aliphatic heterocycles. The van der Waals surface area contributed by atoms with Gasteiger partial charge < -0.3 is 5.32 Å². The first-order chi connectivity index (χ1) is 11.5. The Kier molecular flexibility index (Phi) is 5.04. The van der Waals surface area contributed by atoms with Gasteiger partial charge in [-0.3, -0.25) is 9.59 Å². The molecule has 2 aromatic carbocycles. The van der Waals surface area contributed by atoms with Crippen molar-refractivity contribution in [2.24, 2.45) is 4.99 Å². The van der Waals surface area contributed by atoms with Crippen molar-refractivity contribution in [3.05, 3.63) is 74.6 Å². The third kappa shape index (κ3) is 3.87. The van der Waals surface area contributed by atoms with E-state index in [0.29, 0.717) is 26.1 Å². The number of hydrogen-bond acceptors (Lipinski definition) is 3. The van der Waals surface area contributed by atoms with Gasteiger partial charge in [0.15, 0.2) is 5.17 Å². The van der Waals surface area contributed by atoms with Crippen LogP contribution in [0.3, 0.4) is 0 Å². The van der Waals surface area contributed by atoms with Gasteiger partial charge in [-0.05, 0) is 47.7 Å². The number of halogens is 2. The Morgan fingerprint density at radius 1 is 1.12 bits per heavy atom. The Bertz CT molecular complexity index is 879. The summed E-state index contributed by atoms with van der Waals surface area (Å²) in [7, 11) is 0. The van der Waals surface area contributed by atoms with Crippen LogP contribution >= 0.6 is 35.0 Å². The van der Waals surface area contributed by atoms with Crippen LogP contribution in [0.25, 0.3) is 6.08 Å². The van der Waals surface area contributed by atoms with Crippen molar-refractivity contribution in [1.29, 1.82) is 0 Å². The number of rotatable bonds is 2.